The number of piperidine rings is 1. The van der Waals surface area contributed by atoms with Crippen molar-refractivity contribution in [2.24, 2.45) is 5.41 Å². The molecule has 3 rings (SSSR count). The first-order valence-electron chi connectivity index (χ1n) is 8.42. The van der Waals surface area contributed by atoms with E-state index in [1.165, 1.54) is 25.8 Å². The normalized spacial score (nSPS) is 19.8. The first kappa shape index (κ1) is 19.2. The molecule has 5 nitrogen and oxygen atoms in total. The molecule has 0 atom stereocenters. The lowest BCUT2D eigenvalue weighted by atomic mass is 9.78. The Morgan fingerprint density at radius 2 is 1.58 bits per heavy atom. The van der Waals surface area contributed by atoms with Crippen LogP contribution in [0.5, 0.6) is 17.2 Å². The molecule has 2 heterocycles. The van der Waals surface area contributed by atoms with Crippen LogP contribution in [0, 0.1) is 5.41 Å². The Hall–Kier alpha value is -1.17. The van der Waals surface area contributed by atoms with Gasteiger partial charge in [-0.1, -0.05) is 0 Å². The smallest absolute Gasteiger partial charge is 0.164 e. The summed E-state index contributed by atoms with van der Waals surface area (Å²) in [6.07, 6.45) is 3.91. The Labute approximate surface area is 151 Å². The molecule has 0 bridgehead atoms. The van der Waals surface area contributed by atoms with E-state index in [9.17, 15) is 0 Å². The molecule has 0 radical (unpaired) electrons. The molecule has 0 aliphatic carbocycles. The van der Waals surface area contributed by atoms with E-state index in [0.717, 1.165) is 43.2 Å². The van der Waals surface area contributed by atoms with Crippen molar-refractivity contribution >= 4 is 12.4 Å². The Balaban J connectivity index is 0.00000208. The van der Waals surface area contributed by atoms with Crippen molar-refractivity contribution in [3.05, 3.63) is 17.7 Å². The van der Waals surface area contributed by atoms with Gasteiger partial charge in [0.15, 0.2) is 11.5 Å². The van der Waals surface area contributed by atoms with Crippen molar-refractivity contribution in [3.63, 3.8) is 0 Å². The molecule has 2 saturated heterocycles. The van der Waals surface area contributed by atoms with Crippen LogP contribution >= 0.6 is 12.4 Å². The molecule has 0 aromatic heterocycles. The number of nitrogens with zero attached hydrogens (tertiary/aromatic N) is 1. The topological polar surface area (TPSA) is 43.0 Å². The number of ether oxygens (including phenoxy) is 3. The maximum atomic E-state index is 5.56. The summed E-state index contributed by atoms with van der Waals surface area (Å²) in [5, 5.41) is 3.48. The lowest BCUT2D eigenvalue weighted by Gasteiger charge is -2.34. The molecule has 1 aromatic carbocycles. The molecule has 1 N–H and O–H groups in total. The zero-order chi connectivity index (χ0) is 16.3. The van der Waals surface area contributed by atoms with E-state index in [2.05, 4.69) is 10.2 Å². The SMILES string of the molecule is COc1cc(OC)c(OC)cc1CN1CCC2(CCNCC2)C1.Cl. The molecule has 2 fully saturated rings. The van der Waals surface area contributed by atoms with Gasteiger partial charge >= 0.3 is 0 Å². The highest BCUT2D eigenvalue weighted by Crippen LogP contribution is 2.41. The van der Waals surface area contributed by atoms with Crippen LogP contribution in [0.1, 0.15) is 24.8 Å². The number of benzene rings is 1. The molecule has 2 aliphatic rings. The van der Waals surface area contributed by atoms with Gasteiger partial charge in [0.2, 0.25) is 0 Å². The number of hydrogen-bond acceptors (Lipinski definition) is 5. The maximum absolute atomic E-state index is 5.56. The number of hydrogen-bond donors (Lipinski definition) is 1. The number of halogens is 1. The predicted octanol–water partition coefficient (Wildman–Crippen LogP) is 2.71. The molecule has 2 aliphatic heterocycles. The van der Waals surface area contributed by atoms with E-state index in [1.807, 2.05) is 12.1 Å². The third-order valence-electron chi connectivity index (χ3n) is 5.36. The third-order valence-corrected chi connectivity index (χ3v) is 5.36. The molecule has 136 valence electrons. The number of methoxy groups -OCH3 is 3. The highest BCUT2D eigenvalue weighted by molar-refractivity contribution is 5.85. The summed E-state index contributed by atoms with van der Waals surface area (Å²) in [6, 6.07) is 3.97. The molecule has 1 spiro atoms. The Morgan fingerprint density at radius 1 is 0.958 bits per heavy atom. The van der Waals surface area contributed by atoms with Crippen molar-refractivity contribution < 1.29 is 14.2 Å². The molecule has 6 heteroatoms. The van der Waals surface area contributed by atoms with Gasteiger partial charge in [-0.2, -0.15) is 0 Å². The van der Waals surface area contributed by atoms with Gasteiger partial charge < -0.3 is 19.5 Å². The lowest BCUT2D eigenvalue weighted by Crippen LogP contribution is -2.38. The van der Waals surface area contributed by atoms with Crippen molar-refractivity contribution in [1.82, 2.24) is 10.2 Å². The highest BCUT2D eigenvalue weighted by Gasteiger charge is 2.38. The van der Waals surface area contributed by atoms with Gasteiger partial charge in [0.25, 0.3) is 0 Å². The summed E-state index contributed by atoms with van der Waals surface area (Å²) >= 11 is 0. The monoisotopic (exact) mass is 356 g/mol. The van der Waals surface area contributed by atoms with Gasteiger partial charge in [-0.3, -0.25) is 4.90 Å². The van der Waals surface area contributed by atoms with Crippen LogP contribution in [0.15, 0.2) is 12.1 Å². The van der Waals surface area contributed by atoms with Crippen LogP contribution in [0.3, 0.4) is 0 Å². The fourth-order valence-corrected chi connectivity index (χ4v) is 3.98. The minimum Gasteiger partial charge on any atom is -0.496 e. The average molecular weight is 357 g/mol. The summed E-state index contributed by atoms with van der Waals surface area (Å²) in [5.41, 5.74) is 1.69. The molecular weight excluding hydrogens is 328 g/mol. The summed E-state index contributed by atoms with van der Waals surface area (Å²) in [4.78, 5) is 2.55. The largest absolute Gasteiger partial charge is 0.496 e. The summed E-state index contributed by atoms with van der Waals surface area (Å²) in [5.74, 6) is 2.34. The van der Waals surface area contributed by atoms with Gasteiger partial charge in [0.1, 0.15) is 5.75 Å². The molecule has 1 aromatic rings. The Morgan fingerprint density at radius 3 is 2.21 bits per heavy atom. The van der Waals surface area contributed by atoms with Crippen LogP contribution < -0.4 is 19.5 Å². The molecular formula is C18H29ClN2O3. The molecule has 0 amide bonds. The predicted molar refractivity (Wildman–Crippen MR) is 97.8 cm³/mol. The number of likely N-dealkylation sites (tertiary alicyclic amines) is 1. The summed E-state index contributed by atoms with van der Waals surface area (Å²) < 4.78 is 16.4. The van der Waals surface area contributed by atoms with Gasteiger partial charge in [0, 0.05) is 24.7 Å². The molecule has 0 saturated carbocycles. The van der Waals surface area contributed by atoms with E-state index >= 15 is 0 Å². The van der Waals surface area contributed by atoms with Crippen molar-refractivity contribution in [3.8, 4) is 17.2 Å². The second-order valence-corrected chi connectivity index (χ2v) is 6.73. The van der Waals surface area contributed by atoms with Gasteiger partial charge in [-0.25, -0.2) is 0 Å². The molecule has 0 unspecified atom stereocenters. The van der Waals surface area contributed by atoms with E-state index in [0.29, 0.717) is 11.2 Å². The minimum absolute atomic E-state index is 0. The van der Waals surface area contributed by atoms with Crippen LogP contribution in [-0.4, -0.2) is 52.4 Å². The van der Waals surface area contributed by atoms with Crippen molar-refractivity contribution in [2.75, 3.05) is 47.5 Å². The highest BCUT2D eigenvalue weighted by atomic mass is 35.5. The number of nitrogens with one attached hydrogen (secondary N) is 1. The molecule has 24 heavy (non-hydrogen) atoms. The van der Waals surface area contributed by atoms with Crippen molar-refractivity contribution in [2.45, 2.75) is 25.8 Å². The van der Waals surface area contributed by atoms with Crippen LogP contribution in [0.25, 0.3) is 0 Å². The van der Waals surface area contributed by atoms with E-state index in [-0.39, 0.29) is 12.4 Å². The Kier molecular flexibility index (Phi) is 6.61. The first-order chi connectivity index (χ1) is 11.2. The minimum atomic E-state index is 0. The fourth-order valence-electron chi connectivity index (χ4n) is 3.98. The summed E-state index contributed by atoms with van der Waals surface area (Å²) in [6.45, 7) is 5.57. The van der Waals surface area contributed by atoms with E-state index in [4.69, 9.17) is 14.2 Å². The second-order valence-electron chi connectivity index (χ2n) is 6.73. The van der Waals surface area contributed by atoms with Gasteiger partial charge in [0.05, 0.1) is 21.3 Å². The zero-order valence-electron chi connectivity index (χ0n) is 14.9. The standard InChI is InChI=1S/C18H28N2O3.ClH/c1-21-15-11-17(23-3)16(22-2)10-14(15)12-20-9-6-18(13-20)4-7-19-8-5-18;/h10-11,19H,4-9,12-13H2,1-3H3;1H. The zero-order valence-corrected chi connectivity index (χ0v) is 15.7. The second kappa shape index (κ2) is 8.28. The third kappa shape index (κ3) is 3.90. The lowest BCUT2D eigenvalue weighted by molar-refractivity contribution is 0.193. The van der Waals surface area contributed by atoms with Gasteiger partial charge in [-0.05, 0) is 50.4 Å². The number of rotatable bonds is 5. The van der Waals surface area contributed by atoms with Crippen LogP contribution in [-0.2, 0) is 6.54 Å². The van der Waals surface area contributed by atoms with Gasteiger partial charge in [-0.15, -0.1) is 12.4 Å². The average Bonchev–Trinajstić information content (AvgIpc) is 2.97. The quantitative estimate of drug-likeness (QED) is 0.878. The Bertz CT molecular complexity index is 547. The fraction of sp³-hybridized carbons (Fsp3) is 0.667. The van der Waals surface area contributed by atoms with Crippen LogP contribution in [0.4, 0.5) is 0 Å². The van der Waals surface area contributed by atoms with Crippen molar-refractivity contribution in [1.29, 1.82) is 0 Å². The van der Waals surface area contributed by atoms with Crippen LogP contribution in [0.2, 0.25) is 0 Å². The maximum Gasteiger partial charge on any atom is 0.164 e. The van der Waals surface area contributed by atoms with E-state index < -0.39 is 0 Å². The van der Waals surface area contributed by atoms with E-state index in [1.54, 1.807) is 21.3 Å². The summed E-state index contributed by atoms with van der Waals surface area (Å²) in [7, 11) is 5.04. The first-order valence-corrected chi connectivity index (χ1v) is 8.42.